The van der Waals surface area contributed by atoms with E-state index in [1.807, 2.05) is 119 Å². The van der Waals surface area contributed by atoms with E-state index in [1.54, 1.807) is 18.9 Å². The lowest BCUT2D eigenvalue weighted by Gasteiger charge is -2.43. The van der Waals surface area contributed by atoms with Gasteiger partial charge in [0.05, 0.1) is 42.7 Å². The lowest BCUT2D eigenvalue weighted by Crippen LogP contribution is -2.60. The second-order valence-electron chi connectivity index (χ2n) is 21.7. The highest BCUT2D eigenvalue weighted by atomic mass is 16.7. The summed E-state index contributed by atoms with van der Waals surface area (Å²) in [6.45, 7) is 14.8. The Morgan fingerprint density at radius 3 is 2.08 bits per heavy atom. The van der Waals surface area contributed by atoms with Crippen molar-refractivity contribution in [3.63, 3.8) is 0 Å². The number of para-hydroxylation sites is 1. The molecular weight excluding hydrogens is 985 g/mol. The Morgan fingerprint density at radius 2 is 1.44 bits per heavy atom. The highest BCUT2D eigenvalue weighted by molar-refractivity contribution is 6.02. The third kappa shape index (κ3) is 16.5. The second kappa shape index (κ2) is 29.6. The SMILES string of the molecule is CC[C@H](C)[C@@H]([C@@H](CC(=O)N1CCC[C@H]1[C@H](OC)[C@@H](C)C(=O)N[C@@H](Cc1c[nH]c2ccccc12)C(=O)NCc1ccccc1)OC)N(C)[C@H](C(=O)NC(=O)[C@H](C(C)C)N(C)CCCCCC(=O)ON1C(=O)CCC1=O)C(C)C. The number of methoxy groups -OCH3 is 2. The molecule has 19 heteroatoms. The largest absolute Gasteiger partial charge is 0.379 e. The number of hydrogen-bond acceptors (Lipinski definition) is 13. The molecule has 19 nitrogen and oxygen atoms in total. The van der Waals surface area contributed by atoms with Crippen LogP contribution in [0.25, 0.3) is 10.9 Å². The number of hydrogen-bond donors (Lipinski definition) is 4. The number of nitrogens with one attached hydrogen (secondary N) is 4. The Kier molecular flexibility index (Phi) is 23.8. The normalized spacial score (nSPS) is 18.1. The van der Waals surface area contributed by atoms with Crippen molar-refractivity contribution >= 4 is 58.2 Å². The number of aromatic nitrogens is 1. The van der Waals surface area contributed by atoms with Crippen molar-refractivity contribution in [1.29, 1.82) is 0 Å². The molecule has 4 N–H and O–H groups in total. The van der Waals surface area contributed by atoms with Gasteiger partial charge in [-0.3, -0.25) is 48.7 Å². The van der Waals surface area contributed by atoms with Crippen molar-refractivity contribution < 1.29 is 52.7 Å². The van der Waals surface area contributed by atoms with Crippen molar-refractivity contribution in [2.75, 3.05) is 41.4 Å². The van der Waals surface area contributed by atoms with Gasteiger partial charge in [0.1, 0.15) is 6.04 Å². The fourth-order valence-corrected chi connectivity index (χ4v) is 11.3. The molecular formula is C58H86N8O11. The zero-order valence-electron chi connectivity index (χ0n) is 47.3. The predicted octanol–water partition coefficient (Wildman–Crippen LogP) is 5.70. The van der Waals surface area contributed by atoms with Gasteiger partial charge in [-0.15, -0.1) is 5.06 Å². The maximum atomic E-state index is 14.7. The zero-order valence-corrected chi connectivity index (χ0v) is 47.3. The molecule has 0 saturated carbocycles. The summed E-state index contributed by atoms with van der Waals surface area (Å²) in [5.74, 6) is -4.66. The number of carbonyl (C=O) groups is 8. The summed E-state index contributed by atoms with van der Waals surface area (Å²) in [6.07, 6.45) is 4.57. The van der Waals surface area contributed by atoms with Crippen molar-refractivity contribution in [3.8, 4) is 0 Å². The van der Waals surface area contributed by atoms with Gasteiger partial charge < -0.3 is 34.8 Å². The number of aromatic amines is 1. The van der Waals surface area contributed by atoms with Crippen molar-refractivity contribution in [2.45, 2.75) is 168 Å². The monoisotopic (exact) mass is 1070 g/mol. The van der Waals surface area contributed by atoms with Crippen LogP contribution in [0.1, 0.15) is 124 Å². The molecule has 0 bridgehead atoms. The van der Waals surface area contributed by atoms with Crippen molar-refractivity contribution in [1.82, 2.24) is 40.7 Å². The van der Waals surface area contributed by atoms with Crippen LogP contribution in [0.5, 0.6) is 0 Å². The lowest BCUT2D eigenvalue weighted by atomic mass is 9.87. The van der Waals surface area contributed by atoms with Crippen molar-refractivity contribution in [2.24, 2.45) is 23.7 Å². The van der Waals surface area contributed by atoms with Gasteiger partial charge in [0.15, 0.2) is 0 Å². The van der Waals surface area contributed by atoms with E-state index in [9.17, 15) is 38.4 Å². The van der Waals surface area contributed by atoms with Crippen LogP contribution in [0.4, 0.5) is 0 Å². The van der Waals surface area contributed by atoms with Crippen LogP contribution >= 0.6 is 0 Å². The van der Waals surface area contributed by atoms with Gasteiger partial charge in [-0.2, -0.15) is 0 Å². The number of hydroxylamine groups is 2. The first kappa shape index (κ1) is 61.8. The first-order chi connectivity index (χ1) is 36.7. The number of carbonyl (C=O) groups excluding carboxylic acids is 8. The molecule has 3 aromatic rings. The number of nitrogens with zero attached hydrogens (tertiary/aromatic N) is 4. The van der Waals surface area contributed by atoms with E-state index in [0.29, 0.717) is 63.2 Å². The second-order valence-corrected chi connectivity index (χ2v) is 21.7. The number of amides is 7. The summed E-state index contributed by atoms with van der Waals surface area (Å²) < 4.78 is 12.3. The molecule has 424 valence electrons. The minimum atomic E-state index is -0.907. The number of unbranched alkanes of at least 4 members (excludes halogenated alkanes) is 2. The van der Waals surface area contributed by atoms with Crippen LogP contribution < -0.4 is 16.0 Å². The van der Waals surface area contributed by atoms with E-state index in [4.69, 9.17) is 14.3 Å². The highest BCUT2D eigenvalue weighted by Gasteiger charge is 2.44. The molecule has 2 saturated heterocycles. The molecule has 9 atom stereocenters. The molecule has 77 heavy (non-hydrogen) atoms. The Labute approximate surface area is 455 Å². The Balaban J connectivity index is 1.23. The number of likely N-dealkylation sites (N-methyl/N-ethyl adjacent to an activating group) is 2. The molecule has 2 aromatic carbocycles. The highest BCUT2D eigenvalue weighted by Crippen LogP contribution is 2.31. The minimum Gasteiger partial charge on any atom is -0.379 e. The number of ether oxygens (including phenoxy) is 2. The molecule has 0 spiro atoms. The minimum absolute atomic E-state index is 0.0117. The first-order valence-electron chi connectivity index (χ1n) is 27.6. The Hall–Kier alpha value is -6.02. The van der Waals surface area contributed by atoms with Gasteiger partial charge >= 0.3 is 5.97 Å². The number of H-pyrrole nitrogens is 1. The Bertz CT molecular complexity index is 2450. The maximum Gasteiger partial charge on any atom is 0.333 e. The molecule has 7 amide bonds. The molecule has 5 rings (SSSR count). The summed E-state index contributed by atoms with van der Waals surface area (Å²) in [7, 11) is 6.78. The lowest BCUT2D eigenvalue weighted by molar-refractivity contribution is -0.197. The topological polar surface area (TPSA) is 229 Å². The fraction of sp³-hybridized carbons (Fsp3) is 0.621. The van der Waals surface area contributed by atoms with E-state index >= 15 is 0 Å². The molecule has 0 unspecified atom stereocenters. The Morgan fingerprint density at radius 1 is 0.792 bits per heavy atom. The van der Waals surface area contributed by atoms with Crippen LogP contribution in [-0.4, -0.2) is 156 Å². The summed E-state index contributed by atoms with van der Waals surface area (Å²) >= 11 is 0. The smallest absolute Gasteiger partial charge is 0.333 e. The number of imide groups is 2. The van der Waals surface area contributed by atoms with E-state index in [0.717, 1.165) is 22.0 Å². The molecule has 2 aliphatic heterocycles. The molecule has 0 aliphatic carbocycles. The summed E-state index contributed by atoms with van der Waals surface area (Å²) in [5.41, 5.74) is 2.73. The number of fused-ring (bicyclic) bond motifs is 1. The average Bonchev–Trinajstić information content (AvgIpc) is 4.14. The van der Waals surface area contributed by atoms with E-state index in [1.165, 1.54) is 7.11 Å². The molecule has 3 heterocycles. The van der Waals surface area contributed by atoms with E-state index < -0.39 is 77.9 Å². The average molecular weight is 1070 g/mol. The number of likely N-dealkylation sites (tertiary alicyclic amines) is 1. The molecule has 2 aliphatic rings. The quantitative estimate of drug-likeness (QED) is 0.0465. The summed E-state index contributed by atoms with van der Waals surface area (Å²) in [5, 5.41) is 10.3. The van der Waals surface area contributed by atoms with E-state index in [-0.39, 0.29) is 67.6 Å². The molecule has 0 radical (unpaired) electrons. The maximum absolute atomic E-state index is 14.7. The van der Waals surface area contributed by atoms with Crippen LogP contribution in [-0.2, 0) is 65.6 Å². The third-order valence-electron chi connectivity index (χ3n) is 15.5. The number of benzene rings is 2. The third-order valence-corrected chi connectivity index (χ3v) is 15.5. The molecule has 1 aromatic heterocycles. The predicted molar refractivity (Wildman–Crippen MR) is 292 cm³/mol. The van der Waals surface area contributed by atoms with Gasteiger partial charge in [-0.05, 0) is 81.3 Å². The summed E-state index contributed by atoms with van der Waals surface area (Å²) in [6, 6.07) is 14.2. The number of rotatable bonds is 30. The summed E-state index contributed by atoms with van der Waals surface area (Å²) in [4.78, 5) is 121. The van der Waals surface area contributed by atoms with Crippen molar-refractivity contribution in [3.05, 3.63) is 71.9 Å². The van der Waals surface area contributed by atoms with Gasteiger partial charge in [0.25, 0.3) is 11.8 Å². The van der Waals surface area contributed by atoms with E-state index in [2.05, 4.69) is 27.9 Å². The molecule has 2 fully saturated rings. The van der Waals surface area contributed by atoms with Gasteiger partial charge in [0, 0.05) is 76.1 Å². The van der Waals surface area contributed by atoms with Crippen LogP contribution in [0.15, 0.2) is 60.8 Å². The zero-order chi connectivity index (χ0) is 56.5. The van der Waals surface area contributed by atoms with Crippen LogP contribution in [0, 0.1) is 23.7 Å². The van der Waals surface area contributed by atoms with Gasteiger partial charge in [0.2, 0.25) is 29.5 Å². The standard InChI is InChI=1S/C58H86N8O11/c1-12-38(6)53(64(9)52(37(4)5)58(74)62-57(73)51(36(2)3)63(8)30-20-14-17-27-50(70)77-66-47(67)28-29-48(66)68)46(75-10)33-49(69)65-31-21-26-45(65)54(76-11)39(7)55(71)61-44(56(72)60-34-40-22-15-13-16-23-40)32-41-35-59-43-25-19-18-24-42(41)43/h13,15-16,18-19,22-25,35-39,44-46,51-54,59H,12,14,17,20-21,26-34H2,1-11H3,(H,60,72)(H,61,71)(H,62,73,74)/t38-,39+,44-,45-,46+,51-,52-,53-,54+/m0/s1. The van der Waals surface area contributed by atoms with Crippen LogP contribution in [0.3, 0.4) is 0 Å². The fourth-order valence-electron chi connectivity index (χ4n) is 11.3. The van der Waals surface area contributed by atoms with Gasteiger partial charge in [-0.1, -0.05) is 110 Å². The van der Waals surface area contributed by atoms with Gasteiger partial charge in [-0.25, -0.2) is 4.79 Å². The van der Waals surface area contributed by atoms with Crippen LogP contribution in [0.2, 0.25) is 0 Å². The first-order valence-corrected chi connectivity index (χ1v) is 27.6.